The Morgan fingerprint density at radius 3 is 2.34 bits per heavy atom. The summed E-state index contributed by atoms with van der Waals surface area (Å²) < 4.78 is 0.446. The number of benzene rings is 3. The van der Waals surface area contributed by atoms with E-state index in [0.29, 0.717) is 36.2 Å². The second-order valence-electron chi connectivity index (χ2n) is 7.11. The van der Waals surface area contributed by atoms with Gasteiger partial charge in [-0.2, -0.15) is 10.2 Å². The average Bonchev–Trinajstić information content (AvgIpc) is 3.03. The van der Waals surface area contributed by atoms with Gasteiger partial charge in [0.2, 0.25) is 0 Å². The molecular formula is C24H17Cl2N3OS2. The van der Waals surface area contributed by atoms with Crippen LogP contribution in [0.4, 0.5) is 17.1 Å². The first-order valence-corrected chi connectivity index (χ1v) is 11.6. The summed E-state index contributed by atoms with van der Waals surface area (Å²) >= 11 is 19.2. The van der Waals surface area contributed by atoms with Crippen LogP contribution in [-0.4, -0.2) is 10.2 Å². The molecule has 1 amide bonds. The number of hydrogen-bond donors (Lipinski definition) is 0. The van der Waals surface area contributed by atoms with Crippen molar-refractivity contribution in [2.45, 2.75) is 13.8 Å². The van der Waals surface area contributed by atoms with E-state index < -0.39 is 0 Å². The second kappa shape index (κ2) is 9.55. The van der Waals surface area contributed by atoms with Gasteiger partial charge in [-0.1, -0.05) is 71.4 Å². The van der Waals surface area contributed by atoms with Crippen LogP contribution >= 0.6 is 47.2 Å². The average molecular weight is 498 g/mol. The molecule has 3 aromatic rings. The zero-order valence-electron chi connectivity index (χ0n) is 17.2. The molecule has 1 aliphatic rings. The number of hydrogen-bond acceptors (Lipinski definition) is 5. The maximum atomic E-state index is 13.1. The largest absolute Gasteiger partial charge is 0.270 e. The molecule has 0 unspecified atom stereocenters. The quantitative estimate of drug-likeness (QED) is 0.206. The number of azo groups is 1. The normalized spacial score (nSPS) is 15.4. The number of amides is 1. The molecule has 1 saturated heterocycles. The molecule has 0 aromatic heterocycles. The molecule has 3 aromatic carbocycles. The van der Waals surface area contributed by atoms with Gasteiger partial charge in [0, 0.05) is 15.6 Å². The highest BCUT2D eigenvalue weighted by molar-refractivity contribution is 8.27. The van der Waals surface area contributed by atoms with Crippen molar-refractivity contribution in [3.05, 3.63) is 92.3 Å². The topological polar surface area (TPSA) is 45.0 Å². The number of halogens is 2. The van der Waals surface area contributed by atoms with E-state index in [1.807, 2.05) is 56.3 Å². The molecular weight excluding hydrogens is 481 g/mol. The third-order valence-electron chi connectivity index (χ3n) is 4.88. The summed E-state index contributed by atoms with van der Waals surface area (Å²) in [5.41, 5.74) is 4.72. The molecule has 0 aliphatic carbocycles. The van der Waals surface area contributed by atoms with Crippen LogP contribution in [0.2, 0.25) is 10.0 Å². The van der Waals surface area contributed by atoms with Crippen LogP contribution in [0.5, 0.6) is 0 Å². The SMILES string of the molecule is Cc1ccccc1N=Nc1ccc(N2C(=O)/C(=C/c3c(Cl)cccc3Cl)SC2=S)c(C)c1. The van der Waals surface area contributed by atoms with E-state index in [1.54, 1.807) is 24.3 Å². The third kappa shape index (κ3) is 4.64. The van der Waals surface area contributed by atoms with Crippen molar-refractivity contribution in [3.8, 4) is 0 Å². The van der Waals surface area contributed by atoms with E-state index in [2.05, 4.69) is 10.2 Å². The Bertz CT molecular complexity index is 1280. The summed E-state index contributed by atoms with van der Waals surface area (Å²) in [4.78, 5) is 15.1. The maximum Gasteiger partial charge on any atom is 0.270 e. The molecule has 8 heteroatoms. The summed E-state index contributed by atoms with van der Waals surface area (Å²) in [6.45, 7) is 3.90. The lowest BCUT2D eigenvalue weighted by Crippen LogP contribution is -2.28. The van der Waals surface area contributed by atoms with Crippen molar-refractivity contribution in [2.75, 3.05) is 4.90 Å². The Labute approximate surface area is 205 Å². The Morgan fingerprint density at radius 2 is 1.66 bits per heavy atom. The predicted octanol–water partition coefficient (Wildman–Crippen LogP) is 8.43. The van der Waals surface area contributed by atoms with Gasteiger partial charge < -0.3 is 0 Å². The molecule has 4 rings (SSSR count). The van der Waals surface area contributed by atoms with Crippen LogP contribution in [0.3, 0.4) is 0 Å². The van der Waals surface area contributed by atoms with Gasteiger partial charge in [0.25, 0.3) is 5.91 Å². The van der Waals surface area contributed by atoms with Crippen LogP contribution in [0.1, 0.15) is 16.7 Å². The first-order chi connectivity index (χ1) is 15.3. The van der Waals surface area contributed by atoms with Crippen molar-refractivity contribution in [1.29, 1.82) is 0 Å². The van der Waals surface area contributed by atoms with Gasteiger partial charge in [0.15, 0.2) is 4.32 Å². The fraction of sp³-hybridized carbons (Fsp3) is 0.0833. The molecule has 32 heavy (non-hydrogen) atoms. The Morgan fingerprint density at radius 1 is 0.938 bits per heavy atom. The van der Waals surface area contributed by atoms with E-state index in [9.17, 15) is 4.79 Å². The number of nitrogens with zero attached hydrogens (tertiary/aromatic N) is 3. The lowest BCUT2D eigenvalue weighted by Gasteiger charge is -2.17. The molecule has 160 valence electrons. The van der Waals surface area contributed by atoms with Crippen molar-refractivity contribution in [3.63, 3.8) is 0 Å². The highest BCUT2D eigenvalue weighted by atomic mass is 35.5. The number of thiocarbonyl (C=S) groups is 1. The lowest BCUT2D eigenvalue weighted by molar-refractivity contribution is -0.113. The molecule has 0 atom stereocenters. The molecule has 0 N–H and O–H groups in total. The molecule has 0 spiro atoms. The highest BCUT2D eigenvalue weighted by Crippen LogP contribution is 2.39. The van der Waals surface area contributed by atoms with Crippen molar-refractivity contribution < 1.29 is 4.79 Å². The van der Waals surface area contributed by atoms with Gasteiger partial charge in [-0.3, -0.25) is 9.69 Å². The van der Waals surface area contributed by atoms with E-state index in [1.165, 1.54) is 16.7 Å². The zero-order chi connectivity index (χ0) is 22.8. The smallest absolute Gasteiger partial charge is 0.268 e. The minimum absolute atomic E-state index is 0.214. The van der Waals surface area contributed by atoms with Gasteiger partial charge in [-0.15, -0.1) is 0 Å². The van der Waals surface area contributed by atoms with Crippen LogP contribution in [0.25, 0.3) is 6.08 Å². The van der Waals surface area contributed by atoms with E-state index in [4.69, 9.17) is 35.4 Å². The number of rotatable bonds is 4. The first-order valence-electron chi connectivity index (χ1n) is 9.65. The number of anilines is 1. The fourth-order valence-corrected chi connectivity index (χ4v) is 4.97. The standard InChI is InChI=1S/C24H17Cl2N3OS2/c1-14-6-3-4-9-20(14)28-27-16-10-11-21(15(2)12-16)29-23(30)22(32-24(29)31)13-17-18(25)7-5-8-19(17)26/h3-13H,1-2H3/b22-13-,28-27?. The van der Waals surface area contributed by atoms with Crippen LogP contribution < -0.4 is 4.90 Å². The Balaban J connectivity index is 1.61. The van der Waals surface area contributed by atoms with Crippen LogP contribution in [0, 0.1) is 13.8 Å². The van der Waals surface area contributed by atoms with Crippen LogP contribution in [-0.2, 0) is 4.79 Å². The fourth-order valence-electron chi connectivity index (χ4n) is 3.20. The highest BCUT2D eigenvalue weighted by Gasteiger charge is 2.34. The van der Waals surface area contributed by atoms with Gasteiger partial charge in [-0.05, 0) is 67.4 Å². The second-order valence-corrected chi connectivity index (χ2v) is 9.60. The van der Waals surface area contributed by atoms with Crippen molar-refractivity contribution >= 4 is 80.5 Å². The predicted molar refractivity (Wildman–Crippen MR) is 139 cm³/mol. The molecule has 1 fully saturated rings. The number of aryl methyl sites for hydroxylation is 2. The number of carbonyl (C=O) groups is 1. The van der Waals surface area contributed by atoms with E-state index in [0.717, 1.165) is 16.8 Å². The monoisotopic (exact) mass is 497 g/mol. The van der Waals surface area contributed by atoms with Gasteiger partial charge in [-0.25, -0.2) is 0 Å². The summed E-state index contributed by atoms with van der Waals surface area (Å²) in [5.74, 6) is -0.214. The number of thioether (sulfide) groups is 1. The zero-order valence-corrected chi connectivity index (χ0v) is 20.3. The molecule has 1 heterocycles. The summed E-state index contributed by atoms with van der Waals surface area (Å²) in [5, 5.41) is 9.62. The molecule has 0 bridgehead atoms. The van der Waals surface area contributed by atoms with Gasteiger partial charge in [0.1, 0.15) is 0 Å². The first kappa shape index (κ1) is 22.7. The van der Waals surface area contributed by atoms with Gasteiger partial charge >= 0.3 is 0 Å². The lowest BCUT2D eigenvalue weighted by atomic mass is 10.1. The molecule has 0 radical (unpaired) electrons. The summed E-state index contributed by atoms with van der Waals surface area (Å²) in [7, 11) is 0. The molecule has 0 saturated carbocycles. The molecule has 4 nitrogen and oxygen atoms in total. The Kier molecular flexibility index (Phi) is 6.76. The third-order valence-corrected chi connectivity index (χ3v) is 6.84. The number of carbonyl (C=O) groups excluding carboxylic acids is 1. The minimum Gasteiger partial charge on any atom is -0.268 e. The van der Waals surface area contributed by atoms with Gasteiger partial charge in [0.05, 0.1) is 22.0 Å². The summed E-state index contributed by atoms with van der Waals surface area (Å²) in [6, 6.07) is 18.5. The minimum atomic E-state index is -0.214. The van der Waals surface area contributed by atoms with E-state index in [-0.39, 0.29) is 5.91 Å². The maximum absolute atomic E-state index is 13.1. The molecule has 1 aliphatic heterocycles. The van der Waals surface area contributed by atoms with E-state index >= 15 is 0 Å². The van der Waals surface area contributed by atoms with Crippen LogP contribution in [0.15, 0.2) is 75.8 Å². The van der Waals surface area contributed by atoms with Crippen molar-refractivity contribution in [1.82, 2.24) is 0 Å². The van der Waals surface area contributed by atoms with Crippen molar-refractivity contribution in [2.24, 2.45) is 10.2 Å². The Hall–Kier alpha value is -2.51. The summed E-state index contributed by atoms with van der Waals surface area (Å²) in [6.07, 6.45) is 1.68.